The number of carboxylic acid groups (broad SMARTS) is 1. The Hall–Kier alpha value is -3.89. The van der Waals surface area contributed by atoms with Crippen LogP contribution in [0.5, 0.6) is 11.6 Å². The number of carbonyl (C=O) groups is 1. The Kier molecular flexibility index (Phi) is 7.90. The molecule has 0 amide bonds. The average molecular weight is 516 g/mol. The van der Waals surface area contributed by atoms with Gasteiger partial charge in [0.2, 0.25) is 5.88 Å². The number of hydrogen-bond acceptors (Lipinski definition) is 5. The smallest absolute Gasteiger partial charge is 0.304 e. The second-order valence-electron chi connectivity index (χ2n) is 9.56. The molecule has 2 aromatic carbocycles. The number of aliphatic carboxylic acids is 1. The number of ether oxygens (including phenoxy) is 3. The summed E-state index contributed by atoms with van der Waals surface area (Å²) in [5.41, 5.74) is 4.01. The molecule has 1 unspecified atom stereocenters. The summed E-state index contributed by atoms with van der Waals surface area (Å²) in [7, 11) is 0. The zero-order chi connectivity index (χ0) is 26.5. The second kappa shape index (κ2) is 11.7. The summed E-state index contributed by atoms with van der Waals surface area (Å²) in [6, 6.07) is 14.3. The van der Waals surface area contributed by atoms with Crippen LogP contribution in [0.1, 0.15) is 61.3 Å². The number of carboxylic acids is 1. The first-order valence-electron chi connectivity index (χ1n) is 12.9. The van der Waals surface area contributed by atoms with Gasteiger partial charge in [-0.2, -0.15) is 0 Å². The van der Waals surface area contributed by atoms with E-state index in [0.29, 0.717) is 42.4 Å². The van der Waals surface area contributed by atoms with Crippen molar-refractivity contribution in [2.24, 2.45) is 0 Å². The van der Waals surface area contributed by atoms with E-state index in [4.69, 9.17) is 14.2 Å². The molecule has 1 aromatic heterocycles. The molecule has 0 radical (unpaired) electrons. The Labute approximate surface area is 221 Å². The van der Waals surface area contributed by atoms with Crippen LogP contribution in [0.15, 0.2) is 54.7 Å². The van der Waals surface area contributed by atoms with Crippen LogP contribution in [0.3, 0.4) is 0 Å². The van der Waals surface area contributed by atoms with Crippen LogP contribution >= 0.6 is 0 Å². The standard InChI is InChI=1S/C31H30FNO5/c1-2-3-21(18-30(34)35)20-4-7-23(8-5-20)37-28-12-10-26-25(28)9-11-27(32)31(26)22-6-13-29(33-19-22)38-24-14-16-36-17-15-24/h4-9,11,13,19,21,24,28H,10,12,14-18H2,1H3,(H,34,35)/t21?,28-/m1/s1. The second-order valence-corrected chi connectivity index (χ2v) is 9.56. The van der Waals surface area contributed by atoms with Gasteiger partial charge in [0.25, 0.3) is 0 Å². The summed E-state index contributed by atoms with van der Waals surface area (Å²) < 4.78 is 32.7. The summed E-state index contributed by atoms with van der Waals surface area (Å²) in [6.07, 6.45) is 4.61. The van der Waals surface area contributed by atoms with Crippen molar-refractivity contribution in [1.82, 2.24) is 4.98 Å². The van der Waals surface area contributed by atoms with Crippen molar-refractivity contribution in [1.29, 1.82) is 0 Å². The van der Waals surface area contributed by atoms with Crippen molar-refractivity contribution in [3.63, 3.8) is 0 Å². The molecule has 1 aliphatic carbocycles. The Morgan fingerprint density at radius 1 is 1.11 bits per heavy atom. The molecule has 1 saturated heterocycles. The topological polar surface area (TPSA) is 77.9 Å². The molecule has 1 N–H and O–H groups in total. The van der Waals surface area contributed by atoms with E-state index >= 15 is 4.39 Å². The molecule has 7 heteroatoms. The fourth-order valence-corrected chi connectivity index (χ4v) is 5.18. The van der Waals surface area contributed by atoms with Crippen LogP contribution in [-0.4, -0.2) is 35.4 Å². The molecule has 1 fully saturated rings. The van der Waals surface area contributed by atoms with Crippen LogP contribution in [0.2, 0.25) is 0 Å². The van der Waals surface area contributed by atoms with Gasteiger partial charge in [-0.3, -0.25) is 4.79 Å². The largest absolute Gasteiger partial charge is 0.486 e. The summed E-state index contributed by atoms with van der Waals surface area (Å²) in [6.45, 7) is 3.08. The summed E-state index contributed by atoms with van der Waals surface area (Å²) >= 11 is 0. The molecule has 38 heavy (non-hydrogen) atoms. The lowest BCUT2D eigenvalue weighted by Crippen LogP contribution is -2.26. The highest BCUT2D eigenvalue weighted by molar-refractivity contribution is 5.70. The van der Waals surface area contributed by atoms with E-state index in [1.165, 1.54) is 6.07 Å². The van der Waals surface area contributed by atoms with Crippen LogP contribution < -0.4 is 9.47 Å². The van der Waals surface area contributed by atoms with Gasteiger partial charge >= 0.3 is 5.97 Å². The van der Waals surface area contributed by atoms with Gasteiger partial charge in [-0.1, -0.05) is 24.1 Å². The van der Waals surface area contributed by atoms with E-state index in [1.54, 1.807) is 25.3 Å². The first kappa shape index (κ1) is 25.7. The number of benzene rings is 2. The minimum Gasteiger partial charge on any atom is -0.486 e. The highest BCUT2D eigenvalue weighted by Gasteiger charge is 2.29. The first-order chi connectivity index (χ1) is 18.5. The molecular formula is C31H30FNO5. The number of nitrogens with zero attached hydrogens (tertiary/aromatic N) is 1. The third kappa shape index (κ3) is 5.81. The minimum absolute atomic E-state index is 0.0527. The summed E-state index contributed by atoms with van der Waals surface area (Å²) in [5, 5.41) is 9.18. The number of aromatic nitrogens is 1. The third-order valence-electron chi connectivity index (χ3n) is 7.04. The molecule has 6 nitrogen and oxygen atoms in total. The predicted molar refractivity (Wildman–Crippen MR) is 141 cm³/mol. The Balaban J connectivity index is 1.31. The summed E-state index contributed by atoms with van der Waals surface area (Å²) in [4.78, 5) is 15.6. The number of pyridine rings is 1. The molecule has 196 valence electrons. The normalized spacial score (nSPS) is 17.7. The fourth-order valence-electron chi connectivity index (χ4n) is 5.18. The molecule has 2 aliphatic rings. The van der Waals surface area contributed by atoms with E-state index in [-0.39, 0.29) is 30.4 Å². The lowest BCUT2D eigenvalue weighted by Gasteiger charge is -2.22. The molecule has 0 saturated carbocycles. The predicted octanol–water partition coefficient (Wildman–Crippen LogP) is 6.09. The lowest BCUT2D eigenvalue weighted by atomic mass is 9.96. The van der Waals surface area contributed by atoms with Crippen LogP contribution in [0.25, 0.3) is 11.1 Å². The van der Waals surface area contributed by atoms with Gasteiger partial charge in [0.05, 0.1) is 25.6 Å². The van der Waals surface area contributed by atoms with E-state index < -0.39 is 5.97 Å². The van der Waals surface area contributed by atoms with Gasteiger partial charge in [-0.05, 0) is 60.7 Å². The molecule has 3 aromatic rings. The zero-order valence-corrected chi connectivity index (χ0v) is 21.3. The molecule has 0 bridgehead atoms. The zero-order valence-electron chi connectivity index (χ0n) is 21.3. The summed E-state index contributed by atoms with van der Waals surface area (Å²) in [5.74, 6) is 5.44. The van der Waals surface area contributed by atoms with E-state index in [9.17, 15) is 9.90 Å². The van der Waals surface area contributed by atoms with Crippen molar-refractivity contribution in [3.05, 3.63) is 77.2 Å². The maximum absolute atomic E-state index is 15.1. The third-order valence-corrected chi connectivity index (χ3v) is 7.04. The number of halogens is 1. The number of fused-ring (bicyclic) bond motifs is 1. The van der Waals surface area contributed by atoms with Crippen LogP contribution in [0.4, 0.5) is 4.39 Å². The first-order valence-corrected chi connectivity index (χ1v) is 12.9. The Morgan fingerprint density at radius 3 is 2.58 bits per heavy atom. The minimum atomic E-state index is -0.889. The van der Waals surface area contributed by atoms with Gasteiger partial charge in [0, 0.05) is 36.2 Å². The lowest BCUT2D eigenvalue weighted by molar-refractivity contribution is -0.137. The van der Waals surface area contributed by atoms with E-state index in [0.717, 1.165) is 36.0 Å². The Morgan fingerprint density at radius 2 is 1.89 bits per heavy atom. The van der Waals surface area contributed by atoms with Gasteiger partial charge < -0.3 is 19.3 Å². The van der Waals surface area contributed by atoms with Gasteiger partial charge in [-0.25, -0.2) is 9.37 Å². The highest BCUT2D eigenvalue weighted by atomic mass is 19.1. The van der Waals surface area contributed by atoms with Crippen molar-refractivity contribution in [2.75, 3.05) is 13.2 Å². The Bertz CT molecular complexity index is 1340. The van der Waals surface area contributed by atoms with E-state index in [2.05, 4.69) is 16.8 Å². The van der Waals surface area contributed by atoms with Crippen molar-refractivity contribution >= 4 is 5.97 Å². The van der Waals surface area contributed by atoms with Gasteiger partial charge in [-0.15, -0.1) is 5.92 Å². The van der Waals surface area contributed by atoms with Crippen molar-refractivity contribution in [3.8, 4) is 34.6 Å². The maximum atomic E-state index is 15.1. The number of rotatable bonds is 8. The quantitative estimate of drug-likeness (QED) is 0.366. The average Bonchev–Trinajstić information content (AvgIpc) is 3.32. The van der Waals surface area contributed by atoms with Crippen molar-refractivity contribution < 1.29 is 28.5 Å². The van der Waals surface area contributed by atoms with E-state index in [1.807, 2.05) is 30.3 Å². The SMILES string of the molecule is CC#CC(CC(=O)O)c1ccc(O[C@@H]2CCc3c2ccc(F)c3-c2ccc(OC3CCOCC3)nc2)cc1. The monoisotopic (exact) mass is 515 g/mol. The fraction of sp³-hybridized carbons (Fsp3) is 0.355. The molecule has 1 aliphatic heterocycles. The molecule has 2 atom stereocenters. The van der Waals surface area contributed by atoms with Gasteiger partial charge in [0.15, 0.2) is 0 Å². The van der Waals surface area contributed by atoms with Crippen LogP contribution in [-0.2, 0) is 16.0 Å². The van der Waals surface area contributed by atoms with Crippen molar-refractivity contribution in [2.45, 2.75) is 57.2 Å². The maximum Gasteiger partial charge on any atom is 0.304 e. The molecule has 0 spiro atoms. The molecular weight excluding hydrogens is 485 g/mol. The number of hydrogen-bond donors (Lipinski definition) is 1. The van der Waals surface area contributed by atoms with Crippen LogP contribution in [0, 0.1) is 17.7 Å². The highest BCUT2D eigenvalue weighted by Crippen LogP contribution is 2.41. The molecule has 5 rings (SSSR count). The van der Waals surface area contributed by atoms with Gasteiger partial charge in [0.1, 0.15) is 23.8 Å². The molecule has 2 heterocycles.